The van der Waals surface area contributed by atoms with Crippen LogP contribution in [-0.2, 0) is 9.59 Å². The van der Waals surface area contributed by atoms with Crippen LogP contribution in [-0.4, -0.2) is 76.8 Å². The minimum Gasteiger partial charge on any atom is -0.485 e. The van der Waals surface area contributed by atoms with Gasteiger partial charge in [0.2, 0.25) is 12.0 Å². The van der Waals surface area contributed by atoms with Crippen LogP contribution in [0.4, 0.5) is 5.82 Å². The van der Waals surface area contributed by atoms with Crippen LogP contribution in [0.1, 0.15) is 11.3 Å². The molecule has 2 aliphatic rings. The first-order chi connectivity index (χ1) is 17.0. The molecular weight excluding hydrogens is 446 g/mol. The molecule has 2 amide bonds. The molecule has 0 bridgehead atoms. The van der Waals surface area contributed by atoms with E-state index in [0.717, 1.165) is 16.9 Å². The van der Waals surface area contributed by atoms with Gasteiger partial charge in [-0.25, -0.2) is 4.68 Å². The van der Waals surface area contributed by atoms with Crippen molar-refractivity contribution in [3.63, 3.8) is 0 Å². The van der Waals surface area contributed by atoms with E-state index < -0.39 is 6.10 Å². The molecule has 3 aromatic rings. The van der Waals surface area contributed by atoms with Crippen molar-refractivity contribution in [2.75, 3.05) is 44.6 Å². The summed E-state index contributed by atoms with van der Waals surface area (Å²) >= 11 is 0. The number of aromatic nitrogens is 2. The monoisotopic (exact) mass is 475 g/mol. The Bertz CT molecular complexity index is 1210. The highest BCUT2D eigenvalue weighted by Gasteiger charge is 2.33. The Hall–Kier alpha value is -3.85. The third-order valence-corrected chi connectivity index (χ3v) is 6.21. The summed E-state index contributed by atoms with van der Waals surface area (Å²) in [6, 6.07) is 17.2. The average Bonchev–Trinajstić information content (AvgIpc) is 3.23. The van der Waals surface area contributed by atoms with Gasteiger partial charge in [-0.3, -0.25) is 14.5 Å². The highest BCUT2D eigenvalue weighted by Crippen LogP contribution is 2.31. The fraction of sp³-hybridized carbons (Fsp3) is 0.346. The van der Waals surface area contributed by atoms with Crippen molar-refractivity contribution in [1.29, 1.82) is 0 Å². The lowest BCUT2D eigenvalue weighted by molar-refractivity contribution is -0.143. The van der Waals surface area contributed by atoms with Crippen LogP contribution < -0.4 is 14.8 Å². The Morgan fingerprint density at radius 2 is 1.71 bits per heavy atom. The number of carbonyl (C=O) groups is 2. The van der Waals surface area contributed by atoms with Crippen LogP contribution in [0.25, 0.3) is 5.69 Å². The number of nitrogens with one attached hydrogen (secondary N) is 1. The molecule has 0 saturated carbocycles. The number of hydrogen-bond acceptors (Lipinski definition) is 6. The molecule has 35 heavy (non-hydrogen) atoms. The second kappa shape index (κ2) is 9.79. The molecule has 9 heteroatoms. The number of nitrogens with zero attached hydrogens (tertiary/aromatic N) is 4. The Morgan fingerprint density at radius 1 is 1.00 bits per heavy atom. The lowest BCUT2D eigenvalue weighted by Crippen LogP contribution is -2.55. The normalized spacial score (nSPS) is 17.8. The van der Waals surface area contributed by atoms with Crippen LogP contribution >= 0.6 is 0 Å². The van der Waals surface area contributed by atoms with Crippen LogP contribution in [0.5, 0.6) is 11.5 Å². The molecule has 5 rings (SSSR count). The van der Waals surface area contributed by atoms with Crippen LogP contribution in [0.2, 0.25) is 0 Å². The quantitative estimate of drug-likeness (QED) is 0.610. The summed E-state index contributed by atoms with van der Waals surface area (Å²) in [7, 11) is 0. The molecule has 182 valence electrons. The number of anilines is 1. The molecule has 1 aromatic heterocycles. The van der Waals surface area contributed by atoms with Crippen molar-refractivity contribution in [2.24, 2.45) is 0 Å². The van der Waals surface area contributed by atoms with Gasteiger partial charge in [-0.2, -0.15) is 5.10 Å². The number of benzene rings is 2. The largest absolute Gasteiger partial charge is 0.485 e. The van der Waals surface area contributed by atoms with Gasteiger partial charge in [0.1, 0.15) is 12.4 Å². The molecule has 0 unspecified atom stereocenters. The van der Waals surface area contributed by atoms with Gasteiger partial charge in [-0.1, -0.05) is 29.8 Å². The lowest BCUT2D eigenvalue weighted by atomic mass is 10.2. The second-order valence-electron chi connectivity index (χ2n) is 8.93. The molecule has 1 fully saturated rings. The third kappa shape index (κ3) is 5.14. The number of amides is 2. The minimum atomic E-state index is -0.648. The fourth-order valence-electron chi connectivity index (χ4n) is 4.33. The van der Waals surface area contributed by atoms with Gasteiger partial charge in [0.05, 0.1) is 17.9 Å². The average molecular weight is 476 g/mol. The van der Waals surface area contributed by atoms with Gasteiger partial charge < -0.3 is 19.7 Å². The van der Waals surface area contributed by atoms with E-state index in [2.05, 4.69) is 10.4 Å². The van der Waals surface area contributed by atoms with Gasteiger partial charge in [-0.15, -0.1) is 0 Å². The molecule has 3 heterocycles. The van der Waals surface area contributed by atoms with Crippen molar-refractivity contribution in [1.82, 2.24) is 19.6 Å². The standard InChI is InChI=1S/C26H29N5O4/c1-18-7-9-20(10-8-18)31-24(15-19(2)28-31)27-25(32)16-29-11-13-30(14-12-29)26(33)23-17-34-21-5-3-4-6-22(21)35-23/h3-10,15,23H,11-14,16-17H2,1-2H3,(H,27,32)/t23-/m0/s1. The maximum absolute atomic E-state index is 12.9. The maximum atomic E-state index is 12.9. The van der Waals surface area contributed by atoms with E-state index >= 15 is 0 Å². The Kier molecular flexibility index (Phi) is 6.41. The number of aryl methyl sites for hydroxylation is 2. The molecule has 1 atom stereocenters. The molecule has 0 spiro atoms. The zero-order valence-electron chi connectivity index (χ0n) is 19.9. The van der Waals surface area contributed by atoms with E-state index in [9.17, 15) is 9.59 Å². The van der Waals surface area contributed by atoms with Crippen molar-refractivity contribution in [2.45, 2.75) is 20.0 Å². The van der Waals surface area contributed by atoms with E-state index in [4.69, 9.17) is 9.47 Å². The number of hydrogen-bond donors (Lipinski definition) is 1. The van der Waals surface area contributed by atoms with Gasteiger partial charge in [-0.05, 0) is 38.1 Å². The van der Waals surface area contributed by atoms with E-state index in [1.807, 2.05) is 67.3 Å². The smallest absolute Gasteiger partial charge is 0.267 e. The van der Waals surface area contributed by atoms with Crippen LogP contribution in [0.15, 0.2) is 54.6 Å². The first-order valence-corrected chi connectivity index (χ1v) is 11.8. The Labute approximate surface area is 204 Å². The molecule has 1 saturated heterocycles. The van der Waals surface area contributed by atoms with Crippen molar-refractivity contribution >= 4 is 17.6 Å². The fourth-order valence-corrected chi connectivity index (χ4v) is 4.33. The van der Waals surface area contributed by atoms with Crippen molar-refractivity contribution in [3.05, 3.63) is 65.9 Å². The minimum absolute atomic E-state index is 0.0823. The number of fused-ring (bicyclic) bond motifs is 1. The van der Waals surface area contributed by atoms with Gasteiger partial charge in [0.15, 0.2) is 11.5 Å². The Balaban J connectivity index is 1.13. The molecule has 9 nitrogen and oxygen atoms in total. The van der Waals surface area contributed by atoms with E-state index in [0.29, 0.717) is 43.5 Å². The highest BCUT2D eigenvalue weighted by atomic mass is 16.6. The molecule has 0 aliphatic carbocycles. The summed E-state index contributed by atoms with van der Waals surface area (Å²) in [5, 5.41) is 7.51. The third-order valence-electron chi connectivity index (χ3n) is 6.21. The summed E-state index contributed by atoms with van der Waals surface area (Å²) in [4.78, 5) is 29.6. The maximum Gasteiger partial charge on any atom is 0.267 e. The van der Waals surface area contributed by atoms with Crippen LogP contribution in [0.3, 0.4) is 0 Å². The second-order valence-corrected chi connectivity index (χ2v) is 8.93. The topological polar surface area (TPSA) is 88.9 Å². The molecule has 0 radical (unpaired) electrons. The number of para-hydroxylation sites is 2. The zero-order chi connectivity index (χ0) is 24.4. The lowest BCUT2D eigenvalue weighted by Gasteiger charge is -2.36. The summed E-state index contributed by atoms with van der Waals surface area (Å²) in [5.74, 6) is 1.69. The van der Waals surface area contributed by atoms with Crippen molar-refractivity contribution in [3.8, 4) is 17.2 Å². The SMILES string of the molecule is Cc1ccc(-n2nc(C)cc2NC(=O)CN2CCN(C(=O)[C@@H]3COc4ccccc4O3)CC2)cc1. The predicted molar refractivity (Wildman–Crippen MR) is 131 cm³/mol. The molecular formula is C26H29N5O4. The predicted octanol–water partition coefficient (Wildman–Crippen LogP) is 2.41. The zero-order valence-corrected chi connectivity index (χ0v) is 19.9. The van der Waals surface area contributed by atoms with Crippen molar-refractivity contribution < 1.29 is 19.1 Å². The highest BCUT2D eigenvalue weighted by molar-refractivity contribution is 5.91. The number of piperazine rings is 1. The summed E-state index contributed by atoms with van der Waals surface area (Å²) < 4.78 is 13.3. The molecule has 2 aliphatic heterocycles. The molecule has 1 N–H and O–H groups in total. The van der Waals surface area contributed by atoms with Crippen LogP contribution in [0, 0.1) is 13.8 Å². The van der Waals surface area contributed by atoms with Gasteiger partial charge in [0.25, 0.3) is 5.91 Å². The Morgan fingerprint density at radius 3 is 2.46 bits per heavy atom. The van der Waals surface area contributed by atoms with E-state index in [1.165, 1.54) is 0 Å². The summed E-state index contributed by atoms with van der Waals surface area (Å²) in [5.41, 5.74) is 2.88. The first-order valence-electron chi connectivity index (χ1n) is 11.8. The summed E-state index contributed by atoms with van der Waals surface area (Å²) in [6.07, 6.45) is -0.648. The van der Waals surface area contributed by atoms with Gasteiger partial charge in [0, 0.05) is 32.2 Å². The molecule has 2 aromatic carbocycles. The van der Waals surface area contributed by atoms with E-state index in [1.54, 1.807) is 15.6 Å². The first kappa shape index (κ1) is 22.9. The van der Waals surface area contributed by atoms with E-state index in [-0.39, 0.29) is 25.0 Å². The number of carbonyl (C=O) groups excluding carboxylic acids is 2. The summed E-state index contributed by atoms with van der Waals surface area (Å²) in [6.45, 7) is 6.67. The van der Waals surface area contributed by atoms with Gasteiger partial charge >= 0.3 is 0 Å². The number of rotatable bonds is 5. The number of ether oxygens (including phenoxy) is 2.